The summed E-state index contributed by atoms with van der Waals surface area (Å²) in [5.41, 5.74) is 0.0933. The highest BCUT2D eigenvalue weighted by Crippen LogP contribution is 2.22. The molecular weight excluding hydrogens is 276 g/mol. The molecule has 2 N–H and O–H groups in total. The van der Waals surface area contributed by atoms with Crippen LogP contribution in [0.5, 0.6) is 0 Å². The van der Waals surface area contributed by atoms with Crippen LogP contribution in [-0.4, -0.2) is 32.5 Å². The van der Waals surface area contributed by atoms with Gasteiger partial charge in [-0.2, -0.15) is 0 Å². The fourth-order valence-electron chi connectivity index (χ4n) is 1.72. The molecule has 0 radical (unpaired) electrons. The van der Waals surface area contributed by atoms with Crippen molar-refractivity contribution in [3.8, 4) is 11.4 Å². The van der Waals surface area contributed by atoms with Crippen molar-refractivity contribution in [2.24, 2.45) is 0 Å². The molecule has 0 saturated carbocycles. The van der Waals surface area contributed by atoms with Crippen LogP contribution in [0, 0.1) is 10.1 Å². The minimum atomic E-state index is -1.19. The molecule has 2 aromatic rings. The van der Waals surface area contributed by atoms with Crippen LogP contribution in [0.15, 0.2) is 30.3 Å². The number of carbonyl (C=O) groups is 1. The molecule has 8 heteroatoms. The van der Waals surface area contributed by atoms with Crippen LogP contribution in [-0.2, 0) is 0 Å². The second kappa shape index (κ2) is 5.95. The number of carboxylic acids is 1. The summed E-state index contributed by atoms with van der Waals surface area (Å²) in [6, 6.07) is 7.04. The van der Waals surface area contributed by atoms with E-state index in [1.165, 1.54) is 24.3 Å². The van der Waals surface area contributed by atoms with Gasteiger partial charge >= 0.3 is 5.97 Å². The Balaban J connectivity index is 2.54. The van der Waals surface area contributed by atoms with E-state index < -0.39 is 10.9 Å². The number of rotatable bonds is 5. The molecule has 2 rings (SSSR count). The summed E-state index contributed by atoms with van der Waals surface area (Å²) in [7, 11) is 0. The predicted molar refractivity (Wildman–Crippen MR) is 75.2 cm³/mol. The SMILES string of the molecule is CCNc1cc(C(=O)O)nc(-c2cccc([N+](=O)[O-])c2)n1. The van der Waals surface area contributed by atoms with E-state index in [0.717, 1.165) is 0 Å². The van der Waals surface area contributed by atoms with E-state index in [0.29, 0.717) is 17.9 Å². The molecule has 8 nitrogen and oxygen atoms in total. The van der Waals surface area contributed by atoms with Crippen LogP contribution in [0.2, 0.25) is 0 Å². The van der Waals surface area contributed by atoms with Gasteiger partial charge in [0.05, 0.1) is 4.92 Å². The van der Waals surface area contributed by atoms with Crippen molar-refractivity contribution >= 4 is 17.5 Å². The Labute approximate surface area is 119 Å². The minimum Gasteiger partial charge on any atom is -0.477 e. The maximum Gasteiger partial charge on any atom is 0.354 e. The Morgan fingerprint density at radius 3 is 2.76 bits per heavy atom. The van der Waals surface area contributed by atoms with Gasteiger partial charge in [-0.3, -0.25) is 10.1 Å². The Hall–Kier alpha value is -3.03. The summed E-state index contributed by atoms with van der Waals surface area (Å²) >= 11 is 0. The summed E-state index contributed by atoms with van der Waals surface area (Å²) in [5.74, 6) is -0.718. The van der Waals surface area contributed by atoms with Crippen molar-refractivity contribution in [3.05, 3.63) is 46.1 Å². The lowest BCUT2D eigenvalue weighted by Gasteiger charge is -2.07. The van der Waals surface area contributed by atoms with Crippen molar-refractivity contribution in [1.82, 2.24) is 9.97 Å². The largest absolute Gasteiger partial charge is 0.477 e. The monoisotopic (exact) mass is 288 g/mol. The normalized spacial score (nSPS) is 10.1. The second-order valence-corrected chi connectivity index (χ2v) is 4.10. The lowest BCUT2D eigenvalue weighted by Crippen LogP contribution is -2.07. The van der Waals surface area contributed by atoms with E-state index in [4.69, 9.17) is 5.11 Å². The summed E-state index contributed by atoms with van der Waals surface area (Å²) in [4.78, 5) is 29.4. The highest BCUT2D eigenvalue weighted by Gasteiger charge is 2.14. The fourth-order valence-corrected chi connectivity index (χ4v) is 1.72. The first-order valence-electron chi connectivity index (χ1n) is 6.12. The number of nitrogens with one attached hydrogen (secondary N) is 1. The number of benzene rings is 1. The molecule has 0 aliphatic heterocycles. The molecule has 21 heavy (non-hydrogen) atoms. The van der Waals surface area contributed by atoms with Crippen LogP contribution < -0.4 is 5.32 Å². The van der Waals surface area contributed by atoms with Crippen LogP contribution in [0.1, 0.15) is 17.4 Å². The van der Waals surface area contributed by atoms with Gasteiger partial charge in [-0.1, -0.05) is 12.1 Å². The number of aromatic carboxylic acids is 1. The molecule has 1 heterocycles. The maximum absolute atomic E-state index is 11.1. The van der Waals surface area contributed by atoms with Gasteiger partial charge in [0.1, 0.15) is 5.82 Å². The van der Waals surface area contributed by atoms with Crippen LogP contribution in [0.4, 0.5) is 11.5 Å². The number of aromatic nitrogens is 2. The van der Waals surface area contributed by atoms with Crippen molar-refractivity contribution < 1.29 is 14.8 Å². The topological polar surface area (TPSA) is 118 Å². The first-order valence-corrected chi connectivity index (χ1v) is 6.12. The van der Waals surface area contributed by atoms with Gasteiger partial charge in [0.2, 0.25) is 0 Å². The van der Waals surface area contributed by atoms with E-state index in [1.54, 1.807) is 6.07 Å². The van der Waals surface area contributed by atoms with Crippen molar-refractivity contribution in [2.75, 3.05) is 11.9 Å². The van der Waals surface area contributed by atoms with Crippen LogP contribution in [0.25, 0.3) is 11.4 Å². The maximum atomic E-state index is 11.1. The van der Waals surface area contributed by atoms with Gasteiger partial charge in [-0.25, -0.2) is 14.8 Å². The van der Waals surface area contributed by atoms with Gasteiger partial charge in [-0.15, -0.1) is 0 Å². The lowest BCUT2D eigenvalue weighted by molar-refractivity contribution is -0.384. The third-order valence-corrected chi connectivity index (χ3v) is 2.62. The first kappa shape index (κ1) is 14.4. The Bertz CT molecular complexity index is 702. The third kappa shape index (κ3) is 3.30. The zero-order chi connectivity index (χ0) is 15.4. The zero-order valence-corrected chi connectivity index (χ0v) is 11.1. The third-order valence-electron chi connectivity index (χ3n) is 2.62. The number of non-ortho nitro benzene ring substituents is 1. The highest BCUT2D eigenvalue weighted by molar-refractivity contribution is 5.87. The van der Waals surface area contributed by atoms with Crippen LogP contribution >= 0.6 is 0 Å². The molecule has 0 saturated heterocycles. The van der Waals surface area contributed by atoms with Gasteiger partial charge < -0.3 is 10.4 Å². The highest BCUT2D eigenvalue weighted by atomic mass is 16.6. The molecule has 0 fully saturated rings. The minimum absolute atomic E-state index is 0.109. The molecule has 0 unspecified atom stereocenters. The number of nitrogens with zero attached hydrogens (tertiary/aromatic N) is 3. The van der Waals surface area contributed by atoms with Gasteiger partial charge in [0, 0.05) is 30.3 Å². The van der Waals surface area contributed by atoms with Crippen molar-refractivity contribution in [3.63, 3.8) is 0 Å². The molecule has 1 aromatic heterocycles. The van der Waals surface area contributed by atoms with Crippen LogP contribution in [0.3, 0.4) is 0 Å². The molecule has 1 aromatic carbocycles. The standard InChI is InChI=1S/C13H12N4O4/c1-2-14-11-7-10(13(18)19)15-12(16-11)8-4-3-5-9(6-8)17(20)21/h3-7H,2H2,1H3,(H,18,19)(H,14,15,16). The van der Waals surface area contributed by atoms with E-state index in [-0.39, 0.29) is 17.2 Å². The van der Waals surface area contributed by atoms with E-state index in [1.807, 2.05) is 6.92 Å². The summed E-state index contributed by atoms with van der Waals surface area (Å²) in [6.45, 7) is 2.40. The predicted octanol–water partition coefficient (Wildman–Crippen LogP) is 2.18. The lowest BCUT2D eigenvalue weighted by atomic mass is 10.2. The number of hydrogen-bond donors (Lipinski definition) is 2. The average molecular weight is 288 g/mol. The Morgan fingerprint density at radius 2 is 2.14 bits per heavy atom. The van der Waals surface area contributed by atoms with Crippen molar-refractivity contribution in [1.29, 1.82) is 0 Å². The summed E-state index contributed by atoms with van der Waals surface area (Å²) < 4.78 is 0. The zero-order valence-electron chi connectivity index (χ0n) is 11.1. The fraction of sp³-hybridized carbons (Fsp3) is 0.154. The van der Waals surface area contributed by atoms with E-state index in [2.05, 4.69) is 15.3 Å². The molecule has 0 aliphatic carbocycles. The molecule has 0 spiro atoms. The van der Waals surface area contributed by atoms with Gasteiger partial charge in [0.25, 0.3) is 5.69 Å². The van der Waals surface area contributed by atoms with E-state index in [9.17, 15) is 14.9 Å². The summed E-state index contributed by atoms with van der Waals surface area (Å²) in [5, 5.41) is 22.8. The molecule has 0 amide bonds. The quantitative estimate of drug-likeness (QED) is 0.639. The Kier molecular flexibility index (Phi) is 4.07. The van der Waals surface area contributed by atoms with E-state index >= 15 is 0 Å². The Morgan fingerprint density at radius 1 is 1.38 bits per heavy atom. The number of nitro benzene ring substituents is 1. The van der Waals surface area contributed by atoms with Gasteiger partial charge in [-0.05, 0) is 6.92 Å². The molecule has 108 valence electrons. The smallest absolute Gasteiger partial charge is 0.354 e. The molecule has 0 bridgehead atoms. The number of nitro groups is 1. The number of hydrogen-bond acceptors (Lipinski definition) is 6. The van der Waals surface area contributed by atoms with Crippen molar-refractivity contribution in [2.45, 2.75) is 6.92 Å². The number of anilines is 1. The molecular formula is C13H12N4O4. The summed E-state index contributed by atoms with van der Waals surface area (Å²) in [6.07, 6.45) is 0. The molecule has 0 aliphatic rings. The second-order valence-electron chi connectivity index (χ2n) is 4.10. The first-order chi connectivity index (χ1) is 10.0. The van der Waals surface area contributed by atoms with Gasteiger partial charge in [0.15, 0.2) is 11.5 Å². The molecule has 0 atom stereocenters. The average Bonchev–Trinajstić information content (AvgIpc) is 2.47. The number of carboxylic acid groups (broad SMARTS) is 1.